The van der Waals surface area contributed by atoms with E-state index in [4.69, 9.17) is 9.47 Å². The molecule has 0 atom stereocenters. The van der Waals surface area contributed by atoms with E-state index in [1.54, 1.807) is 0 Å². The molecule has 0 N–H and O–H groups in total. The molecule has 0 saturated heterocycles. The van der Waals surface area contributed by atoms with Crippen molar-refractivity contribution < 1.29 is 9.47 Å². The van der Waals surface area contributed by atoms with Crippen LogP contribution in [0.4, 0.5) is 0 Å². The van der Waals surface area contributed by atoms with Gasteiger partial charge in [-0.3, -0.25) is 0 Å². The molecule has 0 fully saturated rings. The number of ether oxygens (including phenoxy) is 2. The van der Waals surface area contributed by atoms with Crippen LogP contribution >= 0.6 is 15.9 Å². The molecule has 0 bridgehead atoms. The van der Waals surface area contributed by atoms with E-state index in [0.29, 0.717) is 19.1 Å². The molecule has 0 aliphatic heterocycles. The Hall–Kier alpha value is -1.55. The Kier molecular flexibility index (Phi) is 4.59. The summed E-state index contributed by atoms with van der Waals surface area (Å²) in [6.45, 7) is 2.90. The van der Waals surface area contributed by atoms with Crippen LogP contribution in [0.25, 0.3) is 0 Å². The molecule has 0 unspecified atom stereocenters. The summed E-state index contributed by atoms with van der Waals surface area (Å²) in [6.07, 6.45) is 0. The van der Waals surface area contributed by atoms with Crippen LogP contribution in [0.3, 0.4) is 0 Å². The largest absolute Gasteiger partial charge is 0.490 e. The van der Waals surface area contributed by atoms with Crippen LogP contribution < -0.4 is 9.47 Å². The highest BCUT2D eigenvalue weighted by Crippen LogP contribution is 2.17. The normalized spacial score (nSPS) is 10.1. The number of nitrogens with zero attached hydrogens (tertiary/aromatic N) is 1. The molecule has 1 heterocycles. The standard InChI is InChI=1S/C14H14BrNO2/c1-11-13(15)7-8-14(16-11)18-10-9-17-12-5-3-2-4-6-12/h2-8H,9-10H2,1H3. The summed E-state index contributed by atoms with van der Waals surface area (Å²) in [5, 5.41) is 0. The summed E-state index contributed by atoms with van der Waals surface area (Å²) in [7, 11) is 0. The minimum atomic E-state index is 0.475. The molecule has 0 aliphatic rings. The summed E-state index contributed by atoms with van der Waals surface area (Å²) in [6, 6.07) is 13.4. The van der Waals surface area contributed by atoms with Gasteiger partial charge in [-0.2, -0.15) is 0 Å². The fourth-order valence-electron chi connectivity index (χ4n) is 1.42. The monoisotopic (exact) mass is 307 g/mol. The highest BCUT2D eigenvalue weighted by atomic mass is 79.9. The van der Waals surface area contributed by atoms with E-state index in [1.165, 1.54) is 0 Å². The molecule has 0 spiro atoms. The van der Waals surface area contributed by atoms with Crippen molar-refractivity contribution in [2.45, 2.75) is 6.92 Å². The number of hydrogen-bond acceptors (Lipinski definition) is 3. The Morgan fingerprint density at radius 2 is 1.72 bits per heavy atom. The summed E-state index contributed by atoms with van der Waals surface area (Å²) in [5.41, 5.74) is 0.913. The SMILES string of the molecule is Cc1nc(OCCOc2ccccc2)ccc1Br. The third kappa shape index (κ3) is 3.74. The summed E-state index contributed by atoms with van der Waals surface area (Å²) < 4.78 is 12.0. The van der Waals surface area contributed by atoms with E-state index in [2.05, 4.69) is 20.9 Å². The Bertz CT molecular complexity index is 502. The number of pyridine rings is 1. The maximum Gasteiger partial charge on any atom is 0.213 e. The average molecular weight is 308 g/mol. The lowest BCUT2D eigenvalue weighted by Gasteiger charge is -2.08. The van der Waals surface area contributed by atoms with Crippen molar-refractivity contribution >= 4 is 15.9 Å². The number of halogens is 1. The molecule has 0 saturated carbocycles. The molecule has 2 aromatic rings. The summed E-state index contributed by atoms with van der Waals surface area (Å²) in [4.78, 5) is 4.29. The van der Waals surface area contributed by atoms with Gasteiger partial charge in [0.2, 0.25) is 5.88 Å². The van der Waals surface area contributed by atoms with Gasteiger partial charge < -0.3 is 9.47 Å². The van der Waals surface area contributed by atoms with Gasteiger partial charge in [0.25, 0.3) is 0 Å². The number of rotatable bonds is 5. The zero-order valence-electron chi connectivity index (χ0n) is 10.1. The number of benzene rings is 1. The highest BCUT2D eigenvalue weighted by molar-refractivity contribution is 9.10. The van der Waals surface area contributed by atoms with Gasteiger partial charge in [-0.15, -0.1) is 0 Å². The van der Waals surface area contributed by atoms with Crippen molar-refractivity contribution in [3.63, 3.8) is 0 Å². The zero-order chi connectivity index (χ0) is 12.8. The zero-order valence-corrected chi connectivity index (χ0v) is 11.7. The number of para-hydroxylation sites is 1. The first-order valence-corrected chi connectivity index (χ1v) is 6.49. The van der Waals surface area contributed by atoms with E-state index >= 15 is 0 Å². The fraction of sp³-hybridized carbons (Fsp3) is 0.214. The minimum absolute atomic E-state index is 0.475. The van der Waals surface area contributed by atoms with E-state index in [1.807, 2.05) is 49.4 Å². The topological polar surface area (TPSA) is 31.4 Å². The van der Waals surface area contributed by atoms with Crippen LogP contribution in [0.5, 0.6) is 11.6 Å². The lowest BCUT2D eigenvalue weighted by atomic mass is 10.3. The second kappa shape index (κ2) is 6.40. The predicted molar refractivity (Wildman–Crippen MR) is 74.1 cm³/mol. The van der Waals surface area contributed by atoms with Gasteiger partial charge in [-0.25, -0.2) is 4.98 Å². The van der Waals surface area contributed by atoms with Crippen LogP contribution in [0.15, 0.2) is 46.9 Å². The first kappa shape index (κ1) is 12.9. The third-order valence-electron chi connectivity index (χ3n) is 2.34. The second-order valence-electron chi connectivity index (χ2n) is 3.73. The van der Waals surface area contributed by atoms with Gasteiger partial charge in [-0.1, -0.05) is 18.2 Å². The Labute approximate surface area is 115 Å². The second-order valence-corrected chi connectivity index (χ2v) is 4.58. The fourth-order valence-corrected chi connectivity index (χ4v) is 1.64. The van der Waals surface area contributed by atoms with Crippen LogP contribution in [0.1, 0.15) is 5.69 Å². The molecule has 3 nitrogen and oxygen atoms in total. The van der Waals surface area contributed by atoms with Crippen LogP contribution in [0, 0.1) is 6.92 Å². The van der Waals surface area contributed by atoms with Gasteiger partial charge in [0, 0.05) is 10.5 Å². The first-order valence-electron chi connectivity index (χ1n) is 5.69. The third-order valence-corrected chi connectivity index (χ3v) is 3.18. The van der Waals surface area contributed by atoms with E-state index in [9.17, 15) is 0 Å². The molecule has 18 heavy (non-hydrogen) atoms. The minimum Gasteiger partial charge on any atom is -0.490 e. The van der Waals surface area contributed by atoms with E-state index < -0.39 is 0 Å². The van der Waals surface area contributed by atoms with Crippen molar-refractivity contribution in [3.8, 4) is 11.6 Å². The van der Waals surface area contributed by atoms with Crippen molar-refractivity contribution in [2.75, 3.05) is 13.2 Å². The number of aromatic nitrogens is 1. The van der Waals surface area contributed by atoms with Crippen LogP contribution in [0.2, 0.25) is 0 Å². The number of aryl methyl sites for hydroxylation is 1. The molecule has 0 radical (unpaired) electrons. The molecular weight excluding hydrogens is 294 g/mol. The van der Waals surface area contributed by atoms with Crippen LogP contribution in [-0.4, -0.2) is 18.2 Å². The van der Waals surface area contributed by atoms with Crippen LogP contribution in [-0.2, 0) is 0 Å². The molecule has 94 valence electrons. The molecular formula is C14H14BrNO2. The first-order chi connectivity index (χ1) is 8.75. The molecule has 4 heteroatoms. The van der Waals surface area contributed by atoms with Crippen molar-refractivity contribution in [2.24, 2.45) is 0 Å². The van der Waals surface area contributed by atoms with Gasteiger partial charge in [0.05, 0.1) is 5.69 Å². The predicted octanol–water partition coefficient (Wildman–Crippen LogP) is 3.61. The number of hydrogen-bond donors (Lipinski definition) is 0. The smallest absolute Gasteiger partial charge is 0.213 e. The molecule has 1 aromatic heterocycles. The van der Waals surface area contributed by atoms with Crippen molar-refractivity contribution in [1.82, 2.24) is 4.98 Å². The Morgan fingerprint density at radius 1 is 1.00 bits per heavy atom. The van der Waals surface area contributed by atoms with E-state index in [-0.39, 0.29) is 0 Å². The van der Waals surface area contributed by atoms with Gasteiger partial charge in [-0.05, 0) is 41.1 Å². The quantitative estimate of drug-likeness (QED) is 0.791. The Balaban J connectivity index is 1.77. The Morgan fingerprint density at radius 3 is 2.44 bits per heavy atom. The summed E-state index contributed by atoms with van der Waals surface area (Å²) in [5.74, 6) is 1.47. The van der Waals surface area contributed by atoms with Gasteiger partial charge in [0.1, 0.15) is 19.0 Å². The molecule has 1 aromatic carbocycles. The lowest BCUT2D eigenvalue weighted by molar-refractivity contribution is 0.211. The highest BCUT2D eigenvalue weighted by Gasteiger charge is 2.00. The van der Waals surface area contributed by atoms with E-state index in [0.717, 1.165) is 15.9 Å². The van der Waals surface area contributed by atoms with Gasteiger partial charge in [0.15, 0.2) is 0 Å². The maximum atomic E-state index is 5.52. The maximum absolute atomic E-state index is 5.52. The molecule has 0 amide bonds. The molecule has 0 aliphatic carbocycles. The summed E-state index contributed by atoms with van der Waals surface area (Å²) >= 11 is 3.40. The van der Waals surface area contributed by atoms with Gasteiger partial charge >= 0.3 is 0 Å². The van der Waals surface area contributed by atoms with Crippen molar-refractivity contribution in [1.29, 1.82) is 0 Å². The average Bonchev–Trinajstić information content (AvgIpc) is 2.40. The molecule has 2 rings (SSSR count). The van der Waals surface area contributed by atoms with Crippen molar-refractivity contribution in [3.05, 3.63) is 52.6 Å². The lowest BCUT2D eigenvalue weighted by Crippen LogP contribution is -2.09.